The molecule has 0 aromatic rings. The summed E-state index contributed by atoms with van der Waals surface area (Å²) in [6, 6.07) is 0. The molecule has 6 heteroatoms. The molecule has 2 unspecified atom stereocenters. The van der Waals surface area contributed by atoms with Crippen LogP contribution in [0.2, 0.25) is 0 Å². The molecule has 5 nitrogen and oxygen atoms in total. The second kappa shape index (κ2) is 6.52. The van der Waals surface area contributed by atoms with E-state index in [1.165, 1.54) is 0 Å². The first kappa shape index (κ1) is 15.4. The fourth-order valence-electron chi connectivity index (χ4n) is 1.99. The standard InChI is InChI=1S/C12H23NO4S/c1-4-10(2)18(15,16)8-6-12(14)13-7-5-11(9-13)17-3/h10-11H,4-9H2,1-3H3. The largest absolute Gasteiger partial charge is 0.380 e. The lowest BCUT2D eigenvalue weighted by atomic mass is 10.3. The number of carbonyl (C=O) groups is 1. The van der Waals surface area contributed by atoms with Gasteiger partial charge in [0.25, 0.3) is 0 Å². The van der Waals surface area contributed by atoms with Crippen LogP contribution in [0.25, 0.3) is 0 Å². The van der Waals surface area contributed by atoms with E-state index in [0.29, 0.717) is 19.5 Å². The number of sulfone groups is 1. The van der Waals surface area contributed by atoms with Crippen molar-refractivity contribution in [2.75, 3.05) is 26.0 Å². The first-order valence-corrected chi connectivity index (χ1v) is 8.14. The molecule has 0 aromatic carbocycles. The van der Waals surface area contributed by atoms with Crippen molar-refractivity contribution in [2.24, 2.45) is 0 Å². The van der Waals surface area contributed by atoms with Gasteiger partial charge in [0.1, 0.15) is 0 Å². The Labute approximate surface area is 109 Å². The average Bonchev–Trinajstić information content (AvgIpc) is 2.83. The van der Waals surface area contributed by atoms with Crippen molar-refractivity contribution >= 4 is 15.7 Å². The smallest absolute Gasteiger partial charge is 0.223 e. The third-order valence-corrected chi connectivity index (χ3v) is 5.95. The van der Waals surface area contributed by atoms with Crippen molar-refractivity contribution in [3.05, 3.63) is 0 Å². The highest BCUT2D eigenvalue weighted by Crippen LogP contribution is 2.14. The fraction of sp³-hybridized carbons (Fsp3) is 0.917. The molecule has 1 saturated heterocycles. The second-order valence-corrected chi connectivity index (χ2v) is 7.36. The van der Waals surface area contributed by atoms with E-state index in [2.05, 4.69) is 0 Å². The number of likely N-dealkylation sites (tertiary alicyclic amines) is 1. The number of methoxy groups -OCH3 is 1. The molecule has 1 amide bonds. The van der Waals surface area contributed by atoms with Crippen LogP contribution in [0.1, 0.15) is 33.1 Å². The molecular weight excluding hydrogens is 254 g/mol. The van der Waals surface area contributed by atoms with E-state index in [-0.39, 0.29) is 29.4 Å². The number of carbonyl (C=O) groups excluding carboxylic acids is 1. The minimum atomic E-state index is -3.13. The Bertz CT molecular complexity index is 380. The molecule has 1 rings (SSSR count). The highest BCUT2D eigenvalue weighted by Gasteiger charge is 2.27. The number of rotatable bonds is 6. The van der Waals surface area contributed by atoms with Gasteiger partial charge in [-0.3, -0.25) is 4.79 Å². The van der Waals surface area contributed by atoms with Gasteiger partial charge < -0.3 is 9.64 Å². The lowest BCUT2D eigenvalue weighted by Gasteiger charge is -2.17. The predicted molar refractivity (Wildman–Crippen MR) is 70.2 cm³/mol. The van der Waals surface area contributed by atoms with Gasteiger partial charge in [-0.1, -0.05) is 6.92 Å². The van der Waals surface area contributed by atoms with Crippen molar-refractivity contribution in [3.63, 3.8) is 0 Å². The molecule has 106 valence electrons. The van der Waals surface area contributed by atoms with Gasteiger partial charge in [-0.25, -0.2) is 8.42 Å². The van der Waals surface area contributed by atoms with E-state index in [4.69, 9.17) is 4.74 Å². The van der Waals surface area contributed by atoms with Crippen LogP contribution in [-0.2, 0) is 19.4 Å². The maximum atomic E-state index is 11.9. The minimum absolute atomic E-state index is 0.0466. The molecule has 0 N–H and O–H groups in total. The summed E-state index contributed by atoms with van der Waals surface area (Å²) < 4.78 is 28.8. The summed E-state index contributed by atoms with van der Waals surface area (Å²) in [5, 5.41) is -0.365. The van der Waals surface area contributed by atoms with E-state index < -0.39 is 9.84 Å². The molecule has 1 aliphatic rings. The van der Waals surface area contributed by atoms with E-state index in [1.807, 2.05) is 6.92 Å². The highest BCUT2D eigenvalue weighted by atomic mass is 32.2. The Balaban J connectivity index is 2.43. The molecule has 0 saturated carbocycles. The predicted octanol–water partition coefficient (Wildman–Crippen LogP) is 0.837. The van der Waals surface area contributed by atoms with Gasteiger partial charge in [0.05, 0.1) is 17.1 Å². The monoisotopic (exact) mass is 277 g/mol. The SMILES string of the molecule is CCC(C)S(=O)(=O)CCC(=O)N1CCC(OC)C1. The number of hydrogen-bond acceptors (Lipinski definition) is 4. The van der Waals surface area contributed by atoms with Crippen molar-refractivity contribution in [2.45, 2.75) is 44.5 Å². The number of amides is 1. The van der Waals surface area contributed by atoms with Crippen LogP contribution in [0.3, 0.4) is 0 Å². The first-order chi connectivity index (χ1) is 8.40. The van der Waals surface area contributed by atoms with E-state index in [0.717, 1.165) is 6.42 Å². The third-order valence-electron chi connectivity index (χ3n) is 3.62. The summed E-state index contributed by atoms with van der Waals surface area (Å²) in [4.78, 5) is 13.6. The van der Waals surface area contributed by atoms with Gasteiger partial charge in [-0.2, -0.15) is 0 Å². The average molecular weight is 277 g/mol. The molecule has 0 radical (unpaired) electrons. The van der Waals surface area contributed by atoms with Gasteiger partial charge in [-0.05, 0) is 19.8 Å². The van der Waals surface area contributed by atoms with Crippen LogP contribution in [0.5, 0.6) is 0 Å². The summed E-state index contributed by atoms with van der Waals surface area (Å²) in [6.07, 6.45) is 1.61. The van der Waals surface area contributed by atoms with E-state index in [1.54, 1.807) is 18.9 Å². The zero-order valence-corrected chi connectivity index (χ0v) is 12.2. The van der Waals surface area contributed by atoms with Gasteiger partial charge in [0.15, 0.2) is 9.84 Å². The Morgan fingerprint density at radius 3 is 2.67 bits per heavy atom. The van der Waals surface area contributed by atoms with Crippen LogP contribution >= 0.6 is 0 Å². The van der Waals surface area contributed by atoms with E-state index in [9.17, 15) is 13.2 Å². The molecular formula is C12H23NO4S. The summed E-state index contributed by atoms with van der Waals surface area (Å²) in [5.41, 5.74) is 0. The zero-order chi connectivity index (χ0) is 13.8. The van der Waals surface area contributed by atoms with Crippen LogP contribution in [0, 0.1) is 0 Å². The van der Waals surface area contributed by atoms with Crippen LogP contribution < -0.4 is 0 Å². The summed E-state index contributed by atoms with van der Waals surface area (Å²) in [5.74, 6) is -0.129. The van der Waals surface area contributed by atoms with Crippen molar-refractivity contribution in [3.8, 4) is 0 Å². The fourth-order valence-corrected chi connectivity index (χ4v) is 3.36. The molecule has 1 fully saturated rings. The molecule has 18 heavy (non-hydrogen) atoms. The molecule has 0 bridgehead atoms. The Morgan fingerprint density at radius 1 is 1.50 bits per heavy atom. The Morgan fingerprint density at radius 2 is 2.17 bits per heavy atom. The van der Waals surface area contributed by atoms with Crippen LogP contribution in [-0.4, -0.2) is 56.5 Å². The van der Waals surface area contributed by atoms with E-state index >= 15 is 0 Å². The molecule has 1 aliphatic heterocycles. The summed E-state index contributed by atoms with van der Waals surface area (Å²) in [6.45, 7) is 4.78. The lowest BCUT2D eigenvalue weighted by molar-refractivity contribution is -0.130. The van der Waals surface area contributed by atoms with Crippen molar-refractivity contribution in [1.82, 2.24) is 4.90 Å². The maximum Gasteiger partial charge on any atom is 0.223 e. The summed E-state index contributed by atoms with van der Waals surface area (Å²) >= 11 is 0. The van der Waals surface area contributed by atoms with Gasteiger partial charge in [0.2, 0.25) is 5.91 Å². The lowest BCUT2D eigenvalue weighted by Crippen LogP contribution is -2.32. The molecule has 0 aromatic heterocycles. The third kappa shape index (κ3) is 3.95. The van der Waals surface area contributed by atoms with Crippen LogP contribution in [0.15, 0.2) is 0 Å². The topological polar surface area (TPSA) is 63.7 Å². The first-order valence-electron chi connectivity index (χ1n) is 6.42. The van der Waals surface area contributed by atoms with Gasteiger partial charge in [0, 0.05) is 26.6 Å². The van der Waals surface area contributed by atoms with Crippen molar-refractivity contribution in [1.29, 1.82) is 0 Å². The minimum Gasteiger partial charge on any atom is -0.380 e. The summed E-state index contributed by atoms with van der Waals surface area (Å²) in [7, 11) is -1.50. The van der Waals surface area contributed by atoms with Gasteiger partial charge >= 0.3 is 0 Å². The number of hydrogen-bond donors (Lipinski definition) is 0. The maximum absolute atomic E-state index is 11.9. The number of nitrogens with zero attached hydrogens (tertiary/aromatic N) is 1. The molecule has 1 heterocycles. The number of ether oxygens (including phenoxy) is 1. The highest BCUT2D eigenvalue weighted by molar-refractivity contribution is 7.92. The zero-order valence-electron chi connectivity index (χ0n) is 11.4. The molecule has 0 aliphatic carbocycles. The Kier molecular flexibility index (Phi) is 5.59. The normalized spacial score (nSPS) is 22.2. The molecule has 0 spiro atoms. The Hall–Kier alpha value is -0.620. The van der Waals surface area contributed by atoms with Crippen molar-refractivity contribution < 1.29 is 17.9 Å². The second-order valence-electron chi connectivity index (χ2n) is 4.82. The van der Waals surface area contributed by atoms with Gasteiger partial charge in [-0.15, -0.1) is 0 Å². The quantitative estimate of drug-likeness (QED) is 0.721. The van der Waals surface area contributed by atoms with Crippen LogP contribution in [0.4, 0.5) is 0 Å². The molecule has 2 atom stereocenters.